The van der Waals surface area contributed by atoms with Gasteiger partial charge >= 0.3 is 0 Å². The molecule has 2 rings (SSSR count). The molecule has 1 fully saturated rings. The largest absolute Gasteiger partial charge is 0.355 e. The normalized spacial score (nSPS) is 16.9. The van der Waals surface area contributed by atoms with Crippen molar-refractivity contribution in [2.24, 2.45) is 11.7 Å². The zero-order valence-corrected chi connectivity index (χ0v) is 9.66. The van der Waals surface area contributed by atoms with Crippen molar-refractivity contribution in [2.75, 3.05) is 24.5 Å². The molecule has 1 aliphatic heterocycles. The average Bonchev–Trinajstić information content (AvgIpc) is 2.09. The number of aryl methyl sites for hydroxylation is 1. The van der Waals surface area contributed by atoms with Gasteiger partial charge in [-0.3, -0.25) is 0 Å². The van der Waals surface area contributed by atoms with Crippen LogP contribution in [0.3, 0.4) is 0 Å². The van der Waals surface area contributed by atoms with Crippen molar-refractivity contribution in [3.05, 3.63) is 16.5 Å². The summed E-state index contributed by atoms with van der Waals surface area (Å²) in [6.07, 6.45) is 1.80. The lowest BCUT2D eigenvalue weighted by Gasteiger charge is -2.39. The number of rotatable bonds is 2. The summed E-state index contributed by atoms with van der Waals surface area (Å²) in [5.41, 5.74) is 5.57. The predicted molar refractivity (Wildman–Crippen MR) is 59.2 cm³/mol. The molecule has 5 heteroatoms. The van der Waals surface area contributed by atoms with Crippen LogP contribution in [0.4, 0.5) is 5.82 Å². The Labute approximate surface area is 91.7 Å². The minimum absolute atomic E-state index is 0.622. The maximum absolute atomic E-state index is 5.57. The highest BCUT2D eigenvalue weighted by atomic mass is 79.9. The molecular formula is C9H13BrN4. The number of nitrogens with zero attached hydrogens (tertiary/aromatic N) is 3. The molecule has 0 saturated carbocycles. The Hall–Kier alpha value is -0.680. The Kier molecular flexibility index (Phi) is 2.69. The maximum Gasteiger partial charge on any atom is 0.146 e. The van der Waals surface area contributed by atoms with Crippen LogP contribution < -0.4 is 10.6 Å². The Morgan fingerprint density at radius 3 is 3.00 bits per heavy atom. The minimum atomic E-state index is 0.622. The predicted octanol–water partition coefficient (Wildman–Crippen LogP) is 0.942. The molecule has 76 valence electrons. The van der Waals surface area contributed by atoms with E-state index in [2.05, 4.69) is 30.8 Å². The molecule has 4 nitrogen and oxygen atoms in total. The molecule has 2 heterocycles. The third-order valence-electron chi connectivity index (χ3n) is 2.44. The van der Waals surface area contributed by atoms with Crippen LogP contribution in [0.1, 0.15) is 5.82 Å². The fraction of sp³-hybridized carbons (Fsp3) is 0.556. The van der Waals surface area contributed by atoms with Crippen LogP contribution >= 0.6 is 15.9 Å². The van der Waals surface area contributed by atoms with Crippen molar-refractivity contribution in [3.63, 3.8) is 0 Å². The van der Waals surface area contributed by atoms with Crippen LogP contribution in [-0.2, 0) is 0 Å². The summed E-state index contributed by atoms with van der Waals surface area (Å²) in [5.74, 6) is 2.42. The molecule has 2 N–H and O–H groups in total. The summed E-state index contributed by atoms with van der Waals surface area (Å²) in [4.78, 5) is 10.7. The van der Waals surface area contributed by atoms with Crippen molar-refractivity contribution in [1.29, 1.82) is 0 Å². The highest BCUT2D eigenvalue weighted by molar-refractivity contribution is 9.10. The zero-order chi connectivity index (χ0) is 10.1. The van der Waals surface area contributed by atoms with E-state index < -0.39 is 0 Å². The molecule has 0 atom stereocenters. The molecule has 0 bridgehead atoms. The van der Waals surface area contributed by atoms with E-state index >= 15 is 0 Å². The lowest BCUT2D eigenvalue weighted by atomic mass is 10.0. The maximum atomic E-state index is 5.57. The van der Waals surface area contributed by atoms with Crippen LogP contribution in [0.5, 0.6) is 0 Å². The molecular weight excluding hydrogens is 244 g/mol. The van der Waals surface area contributed by atoms with E-state index in [1.54, 1.807) is 6.20 Å². The van der Waals surface area contributed by atoms with Gasteiger partial charge in [-0.05, 0) is 29.4 Å². The smallest absolute Gasteiger partial charge is 0.146 e. The van der Waals surface area contributed by atoms with E-state index in [4.69, 9.17) is 5.73 Å². The Morgan fingerprint density at radius 2 is 2.36 bits per heavy atom. The van der Waals surface area contributed by atoms with E-state index in [0.29, 0.717) is 5.92 Å². The van der Waals surface area contributed by atoms with E-state index in [0.717, 1.165) is 35.7 Å². The second-order valence-electron chi connectivity index (χ2n) is 3.60. The fourth-order valence-electron chi connectivity index (χ4n) is 1.56. The number of aromatic nitrogens is 2. The first kappa shape index (κ1) is 9.86. The number of halogens is 1. The van der Waals surface area contributed by atoms with Gasteiger partial charge in [0, 0.05) is 25.2 Å². The van der Waals surface area contributed by atoms with Crippen LogP contribution in [0, 0.1) is 12.8 Å². The summed E-state index contributed by atoms with van der Waals surface area (Å²) >= 11 is 3.45. The van der Waals surface area contributed by atoms with Gasteiger partial charge < -0.3 is 10.6 Å². The Bertz CT molecular complexity index is 336. The molecule has 1 aliphatic rings. The van der Waals surface area contributed by atoms with Crippen molar-refractivity contribution >= 4 is 21.7 Å². The highest BCUT2D eigenvalue weighted by Crippen LogP contribution is 2.28. The first-order chi connectivity index (χ1) is 6.70. The van der Waals surface area contributed by atoms with Gasteiger partial charge in [-0.1, -0.05) is 0 Å². The molecule has 1 aromatic rings. The monoisotopic (exact) mass is 256 g/mol. The summed E-state index contributed by atoms with van der Waals surface area (Å²) in [6.45, 7) is 4.67. The van der Waals surface area contributed by atoms with Crippen LogP contribution in [0.25, 0.3) is 0 Å². The molecule has 1 aromatic heterocycles. The Morgan fingerprint density at radius 1 is 1.64 bits per heavy atom. The van der Waals surface area contributed by atoms with Gasteiger partial charge in [-0.2, -0.15) is 0 Å². The minimum Gasteiger partial charge on any atom is -0.355 e. The fourth-order valence-corrected chi connectivity index (χ4v) is 2.00. The summed E-state index contributed by atoms with van der Waals surface area (Å²) in [5, 5.41) is 0. The first-order valence-electron chi connectivity index (χ1n) is 4.65. The molecule has 0 aromatic carbocycles. The van der Waals surface area contributed by atoms with Crippen LogP contribution in [-0.4, -0.2) is 29.6 Å². The second-order valence-corrected chi connectivity index (χ2v) is 4.45. The molecule has 1 saturated heterocycles. The topological polar surface area (TPSA) is 55.0 Å². The van der Waals surface area contributed by atoms with Crippen molar-refractivity contribution in [1.82, 2.24) is 9.97 Å². The van der Waals surface area contributed by atoms with Crippen LogP contribution in [0.15, 0.2) is 10.7 Å². The Balaban J connectivity index is 2.13. The zero-order valence-electron chi connectivity index (χ0n) is 8.07. The SMILES string of the molecule is Cc1ncc(Br)c(N2CC(CN)C2)n1. The standard InChI is InChI=1S/C9H13BrN4/c1-6-12-3-8(10)9(13-6)14-4-7(2-11)5-14/h3,7H,2,4-5,11H2,1H3. The third kappa shape index (κ3) is 1.74. The highest BCUT2D eigenvalue weighted by Gasteiger charge is 2.27. The van der Waals surface area contributed by atoms with Gasteiger partial charge in [-0.15, -0.1) is 0 Å². The molecule has 0 unspecified atom stereocenters. The van der Waals surface area contributed by atoms with Crippen molar-refractivity contribution in [3.8, 4) is 0 Å². The summed E-state index contributed by atoms with van der Waals surface area (Å²) < 4.78 is 0.957. The lowest BCUT2D eigenvalue weighted by molar-refractivity contribution is 0.416. The average molecular weight is 257 g/mol. The second kappa shape index (κ2) is 3.82. The first-order valence-corrected chi connectivity index (χ1v) is 5.44. The van der Waals surface area contributed by atoms with E-state index in [9.17, 15) is 0 Å². The van der Waals surface area contributed by atoms with Gasteiger partial charge in [0.05, 0.1) is 4.47 Å². The van der Waals surface area contributed by atoms with Gasteiger partial charge in [0.15, 0.2) is 0 Å². The molecule has 0 spiro atoms. The number of anilines is 1. The number of hydrogen-bond donors (Lipinski definition) is 1. The molecule has 0 radical (unpaired) electrons. The third-order valence-corrected chi connectivity index (χ3v) is 3.00. The molecule has 0 amide bonds. The van der Waals surface area contributed by atoms with Crippen molar-refractivity contribution in [2.45, 2.75) is 6.92 Å². The van der Waals surface area contributed by atoms with Gasteiger partial charge in [0.1, 0.15) is 11.6 Å². The van der Waals surface area contributed by atoms with E-state index in [-0.39, 0.29) is 0 Å². The summed E-state index contributed by atoms with van der Waals surface area (Å²) in [6, 6.07) is 0. The summed E-state index contributed by atoms with van der Waals surface area (Å²) in [7, 11) is 0. The lowest BCUT2D eigenvalue weighted by Crippen LogP contribution is -2.50. The van der Waals surface area contributed by atoms with Crippen LogP contribution in [0.2, 0.25) is 0 Å². The molecule has 14 heavy (non-hydrogen) atoms. The van der Waals surface area contributed by atoms with E-state index in [1.165, 1.54) is 0 Å². The van der Waals surface area contributed by atoms with E-state index in [1.807, 2.05) is 6.92 Å². The quantitative estimate of drug-likeness (QED) is 0.856. The van der Waals surface area contributed by atoms with Crippen molar-refractivity contribution < 1.29 is 0 Å². The van der Waals surface area contributed by atoms with Gasteiger partial charge in [0.25, 0.3) is 0 Å². The van der Waals surface area contributed by atoms with Gasteiger partial charge in [-0.25, -0.2) is 9.97 Å². The number of nitrogens with two attached hydrogens (primary N) is 1. The number of hydrogen-bond acceptors (Lipinski definition) is 4. The molecule has 0 aliphatic carbocycles. The van der Waals surface area contributed by atoms with Gasteiger partial charge in [0.2, 0.25) is 0 Å².